The molecule has 1 saturated heterocycles. The fourth-order valence-electron chi connectivity index (χ4n) is 2.72. The largest absolute Gasteiger partial charge is 0.358 e. The lowest BCUT2D eigenvalue weighted by Crippen LogP contribution is -2.48. The smallest absolute Gasteiger partial charge is 0.249 e. The number of carbonyl (C=O) groups excluding carboxylic acids is 1. The van der Waals surface area contributed by atoms with Crippen LogP contribution in [0.15, 0.2) is 42.5 Å². The van der Waals surface area contributed by atoms with E-state index in [0.717, 1.165) is 30.0 Å². The monoisotopic (exact) mass is 315 g/mol. The van der Waals surface area contributed by atoms with E-state index in [0.29, 0.717) is 11.6 Å². The number of hydrogen-bond acceptors (Lipinski definition) is 3. The van der Waals surface area contributed by atoms with Gasteiger partial charge < -0.3 is 10.2 Å². The Labute approximate surface area is 135 Å². The van der Waals surface area contributed by atoms with Crippen molar-refractivity contribution in [3.63, 3.8) is 0 Å². The third-order valence-corrected chi connectivity index (χ3v) is 4.11. The first-order valence-corrected chi connectivity index (χ1v) is 7.79. The van der Waals surface area contributed by atoms with Gasteiger partial charge in [0.2, 0.25) is 5.91 Å². The molecule has 1 N–H and O–H groups in total. The molecule has 0 radical (unpaired) electrons. The molecule has 2 aromatic rings. The van der Waals surface area contributed by atoms with Crippen LogP contribution in [0.1, 0.15) is 18.5 Å². The van der Waals surface area contributed by atoms with Crippen molar-refractivity contribution in [2.75, 3.05) is 16.8 Å². The summed E-state index contributed by atoms with van der Waals surface area (Å²) in [6.45, 7) is 2.63. The van der Waals surface area contributed by atoms with Crippen molar-refractivity contribution >= 4 is 29.0 Å². The number of carbonyl (C=O) groups is 1. The molecular weight excluding hydrogens is 298 g/mol. The average molecular weight is 316 g/mol. The number of aryl methyl sites for hydroxylation is 1. The normalized spacial score (nSPS) is 18.4. The van der Waals surface area contributed by atoms with Gasteiger partial charge in [-0.05, 0) is 44.0 Å². The van der Waals surface area contributed by atoms with E-state index in [2.05, 4.69) is 10.3 Å². The second-order valence-electron chi connectivity index (χ2n) is 5.44. The van der Waals surface area contributed by atoms with E-state index >= 15 is 0 Å². The molecule has 0 spiro atoms. The maximum atomic E-state index is 12.7. The Morgan fingerprint density at radius 3 is 2.82 bits per heavy atom. The average Bonchev–Trinajstić information content (AvgIpc) is 2.50. The molecule has 1 aromatic heterocycles. The van der Waals surface area contributed by atoms with Gasteiger partial charge in [-0.15, -0.1) is 0 Å². The van der Waals surface area contributed by atoms with Crippen LogP contribution in [0.4, 0.5) is 11.5 Å². The summed E-state index contributed by atoms with van der Waals surface area (Å²) in [6.07, 6.45) is 1.73. The predicted octanol–water partition coefficient (Wildman–Crippen LogP) is 3.65. The first kappa shape index (κ1) is 14.9. The maximum Gasteiger partial charge on any atom is 0.249 e. The Hall–Kier alpha value is -2.07. The Morgan fingerprint density at radius 1 is 1.23 bits per heavy atom. The van der Waals surface area contributed by atoms with Gasteiger partial charge in [0, 0.05) is 12.2 Å². The van der Waals surface area contributed by atoms with Crippen molar-refractivity contribution in [1.82, 2.24) is 4.98 Å². The fourth-order valence-corrected chi connectivity index (χ4v) is 2.96. The van der Waals surface area contributed by atoms with E-state index in [1.807, 2.05) is 49.4 Å². The molecule has 2 heterocycles. The first-order chi connectivity index (χ1) is 10.6. The zero-order valence-corrected chi connectivity index (χ0v) is 13.2. The minimum atomic E-state index is -0.265. The van der Waals surface area contributed by atoms with Gasteiger partial charge in [-0.25, -0.2) is 4.98 Å². The Balaban J connectivity index is 1.80. The van der Waals surface area contributed by atoms with Gasteiger partial charge in [0.25, 0.3) is 0 Å². The number of rotatable bonds is 3. The number of nitrogens with zero attached hydrogens (tertiary/aromatic N) is 2. The van der Waals surface area contributed by atoms with Crippen molar-refractivity contribution in [3.05, 3.63) is 53.2 Å². The number of aromatic nitrogens is 1. The van der Waals surface area contributed by atoms with Gasteiger partial charge in [0.05, 0.1) is 10.7 Å². The summed E-state index contributed by atoms with van der Waals surface area (Å²) < 4.78 is 0. The minimum Gasteiger partial charge on any atom is -0.358 e. The van der Waals surface area contributed by atoms with Crippen molar-refractivity contribution in [2.45, 2.75) is 25.8 Å². The number of anilines is 2. The van der Waals surface area contributed by atoms with Crippen LogP contribution in [0.5, 0.6) is 0 Å². The standard InChI is InChI=1S/C17H18ClN3O/c1-12-6-4-10-16(19-12)20-14-8-5-11-21(17(14)22)15-9-3-2-7-13(15)18/h2-4,6-7,9-10,14H,5,8,11H2,1H3,(H,19,20). The molecular formula is C17H18ClN3O. The van der Waals surface area contributed by atoms with E-state index in [-0.39, 0.29) is 11.9 Å². The summed E-state index contributed by atoms with van der Waals surface area (Å²) in [5, 5.41) is 3.85. The quantitative estimate of drug-likeness (QED) is 0.940. The summed E-state index contributed by atoms with van der Waals surface area (Å²) in [5.74, 6) is 0.780. The molecule has 1 aliphatic rings. The lowest BCUT2D eigenvalue weighted by molar-refractivity contribution is -0.120. The van der Waals surface area contributed by atoms with Gasteiger partial charge >= 0.3 is 0 Å². The van der Waals surface area contributed by atoms with Crippen molar-refractivity contribution in [3.8, 4) is 0 Å². The Morgan fingerprint density at radius 2 is 2.05 bits per heavy atom. The summed E-state index contributed by atoms with van der Waals surface area (Å²) in [7, 11) is 0. The molecule has 5 heteroatoms. The molecule has 0 saturated carbocycles. The fraction of sp³-hybridized carbons (Fsp3) is 0.294. The van der Waals surface area contributed by atoms with E-state index in [9.17, 15) is 4.79 Å². The van der Waals surface area contributed by atoms with Crippen molar-refractivity contribution in [1.29, 1.82) is 0 Å². The van der Waals surface area contributed by atoms with E-state index < -0.39 is 0 Å². The maximum absolute atomic E-state index is 12.7. The van der Waals surface area contributed by atoms with E-state index in [1.165, 1.54) is 0 Å². The first-order valence-electron chi connectivity index (χ1n) is 7.41. The number of halogens is 1. The highest BCUT2D eigenvalue weighted by Crippen LogP contribution is 2.29. The zero-order valence-electron chi connectivity index (χ0n) is 12.4. The summed E-state index contributed by atoms with van der Waals surface area (Å²) in [6, 6.07) is 12.9. The number of piperidine rings is 1. The molecule has 1 amide bonds. The number of nitrogens with one attached hydrogen (secondary N) is 1. The van der Waals surface area contributed by atoms with Crippen LogP contribution >= 0.6 is 11.6 Å². The van der Waals surface area contributed by atoms with Crippen LogP contribution in [-0.4, -0.2) is 23.5 Å². The second-order valence-corrected chi connectivity index (χ2v) is 5.85. The van der Waals surface area contributed by atoms with Gasteiger partial charge in [0.15, 0.2) is 0 Å². The molecule has 1 atom stereocenters. The summed E-state index contributed by atoms with van der Waals surface area (Å²) in [4.78, 5) is 18.9. The van der Waals surface area contributed by atoms with Crippen LogP contribution < -0.4 is 10.2 Å². The second kappa shape index (κ2) is 6.36. The van der Waals surface area contributed by atoms with Crippen LogP contribution in [0.2, 0.25) is 5.02 Å². The highest BCUT2D eigenvalue weighted by Gasteiger charge is 2.30. The number of pyridine rings is 1. The summed E-state index contributed by atoms with van der Waals surface area (Å²) >= 11 is 6.22. The number of para-hydroxylation sites is 1. The number of benzene rings is 1. The predicted molar refractivity (Wildman–Crippen MR) is 89.4 cm³/mol. The zero-order chi connectivity index (χ0) is 15.5. The lowest BCUT2D eigenvalue weighted by atomic mass is 10.0. The van der Waals surface area contributed by atoms with Crippen molar-refractivity contribution in [2.24, 2.45) is 0 Å². The van der Waals surface area contributed by atoms with Gasteiger partial charge in [-0.3, -0.25) is 4.79 Å². The van der Waals surface area contributed by atoms with Crippen LogP contribution in [0.3, 0.4) is 0 Å². The lowest BCUT2D eigenvalue weighted by Gasteiger charge is -2.33. The molecule has 4 nitrogen and oxygen atoms in total. The Kier molecular flexibility index (Phi) is 4.29. The van der Waals surface area contributed by atoms with E-state index in [1.54, 1.807) is 4.90 Å². The molecule has 0 aliphatic carbocycles. The molecule has 1 aliphatic heterocycles. The number of hydrogen-bond donors (Lipinski definition) is 1. The Bertz CT molecular complexity index is 689. The highest BCUT2D eigenvalue weighted by atomic mass is 35.5. The van der Waals surface area contributed by atoms with Gasteiger partial charge in [-0.2, -0.15) is 0 Å². The van der Waals surface area contributed by atoms with Gasteiger partial charge in [-0.1, -0.05) is 29.8 Å². The minimum absolute atomic E-state index is 0.0441. The molecule has 1 aromatic carbocycles. The molecule has 1 unspecified atom stereocenters. The topological polar surface area (TPSA) is 45.2 Å². The number of amides is 1. The molecule has 22 heavy (non-hydrogen) atoms. The SMILES string of the molecule is Cc1cccc(NC2CCCN(c3ccccc3Cl)C2=O)n1. The molecule has 3 rings (SSSR count). The molecule has 0 bridgehead atoms. The molecule has 114 valence electrons. The van der Waals surface area contributed by atoms with Gasteiger partial charge in [0.1, 0.15) is 11.9 Å². The van der Waals surface area contributed by atoms with Crippen LogP contribution in [0.25, 0.3) is 0 Å². The third kappa shape index (κ3) is 3.07. The summed E-state index contributed by atoms with van der Waals surface area (Å²) in [5.41, 5.74) is 1.70. The van der Waals surface area contributed by atoms with E-state index in [4.69, 9.17) is 11.6 Å². The third-order valence-electron chi connectivity index (χ3n) is 3.79. The van der Waals surface area contributed by atoms with Crippen LogP contribution in [-0.2, 0) is 4.79 Å². The highest BCUT2D eigenvalue weighted by molar-refractivity contribution is 6.33. The van der Waals surface area contributed by atoms with Crippen LogP contribution in [0, 0.1) is 6.92 Å². The molecule has 1 fully saturated rings. The van der Waals surface area contributed by atoms with Crippen molar-refractivity contribution < 1.29 is 4.79 Å².